The van der Waals surface area contributed by atoms with Crippen LogP contribution in [-0.2, 0) is 4.74 Å². The quantitative estimate of drug-likeness (QED) is 0.935. The van der Waals surface area contributed by atoms with Crippen molar-refractivity contribution >= 4 is 5.91 Å². The maximum absolute atomic E-state index is 12.7. The number of amides is 1. The fourth-order valence-electron chi connectivity index (χ4n) is 2.94. The number of hydrogen-bond acceptors (Lipinski definition) is 4. The molecule has 1 fully saturated rings. The zero-order valence-electron chi connectivity index (χ0n) is 14.3. The van der Waals surface area contributed by atoms with E-state index < -0.39 is 5.60 Å². The second-order valence-corrected chi connectivity index (χ2v) is 6.69. The molecule has 1 atom stereocenters. The van der Waals surface area contributed by atoms with Crippen molar-refractivity contribution in [3.05, 3.63) is 48.0 Å². The van der Waals surface area contributed by atoms with Crippen molar-refractivity contribution in [2.45, 2.75) is 32.5 Å². The van der Waals surface area contributed by atoms with E-state index >= 15 is 0 Å². The highest BCUT2D eigenvalue weighted by molar-refractivity contribution is 5.92. The van der Waals surface area contributed by atoms with Crippen LogP contribution < -0.4 is 4.74 Å². The van der Waals surface area contributed by atoms with Crippen molar-refractivity contribution in [3.63, 3.8) is 0 Å². The predicted molar refractivity (Wildman–Crippen MR) is 90.1 cm³/mol. The van der Waals surface area contributed by atoms with Crippen molar-refractivity contribution in [1.82, 2.24) is 14.9 Å². The van der Waals surface area contributed by atoms with Crippen molar-refractivity contribution < 1.29 is 14.3 Å². The number of morpholine rings is 1. The van der Waals surface area contributed by atoms with Crippen LogP contribution in [0.1, 0.15) is 30.2 Å². The fraction of sp³-hybridized carbons (Fsp3) is 0.444. The van der Waals surface area contributed by atoms with Gasteiger partial charge in [0, 0.05) is 6.54 Å². The third kappa shape index (κ3) is 3.94. The van der Waals surface area contributed by atoms with Crippen LogP contribution in [0.2, 0.25) is 0 Å². The van der Waals surface area contributed by atoms with Gasteiger partial charge in [-0.05, 0) is 32.9 Å². The third-order valence-electron chi connectivity index (χ3n) is 3.88. The Morgan fingerprint density at radius 1 is 1.42 bits per heavy atom. The maximum Gasteiger partial charge on any atom is 0.272 e. The summed E-state index contributed by atoms with van der Waals surface area (Å²) >= 11 is 0. The molecule has 1 amide bonds. The number of rotatable bonds is 4. The summed E-state index contributed by atoms with van der Waals surface area (Å²) in [6.45, 7) is 7.23. The van der Waals surface area contributed by atoms with Gasteiger partial charge in [-0.3, -0.25) is 4.79 Å². The van der Waals surface area contributed by atoms with E-state index in [0.29, 0.717) is 25.4 Å². The van der Waals surface area contributed by atoms with Gasteiger partial charge >= 0.3 is 0 Å². The average Bonchev–Trinajstić information content (AvgIpc) is 2.98. The monoisotopic (exact) mass is 329 g/mol. The van der Waals surface area contributed by atoms with Crippen molar-refractivity contribution in [2.24, 2.45) is 0 Å². The Balaban J connectivity index is 1.67. The smallest absolute Gasteiger partial charge is 0.272 e. The zero-order valence-corrected chi connectivity index (χ0v) is 14.3. The number of H-pyrrole nitrogens is 1. The molecule has 0 saturated carbocycles. The van der Waals surface area contributed by atoms with Gasteiger partial charge in [-0.2, -0.15) is 0 Å². The van der Waals surface area contributed by atoms with Gasteiger partial charge in [-0.15, -0.1) is 0 Å². The first kappa shape index (κ1) is 16.5. The Hall–Kier alpha value is -2.34. The first-order valence-electron chi connectivity index (χ1n) is 8.09. The van der Waals surface area contributed by atoms with E-state index in [4.69, 9.17) is 9.47 Å². The molecular weight excluding hydrogens is 306 g/mol. The number of hydrogen-bond donors (Lipinski definition) is 1. The molecule has 2 heterocycles. The minimum Gasteiger partial charge on any atom is -0.491 e. The number of ether oxygens (including phenoxy) is 2. The van der Waals surface area contributed by atoms with E-state index in [9.17, 15) is 4.79 Å². The molecule has 24 heavy (non-hydrogen) atoms. The lowest BCUT2D eigenvalue weighted by Gasteiger charge is -2.42. The van der Waals surface area contributed by atoms with E-state index in [-0.39, 0.29) is 12.0 Å². The Bertz CT molecular complexity index is 697. The van der Waals surface area contributed by atoms with Gasteiger partial charge in [0.15, 0.2) is 0 Å². The number of aromatic nitrogens is 2. The number of aryl methyl sites for hydroxylation is 1. The third-order valence-corrected chi connectivity index (χ3v) is 3.88. The van der Waals surface area contributed by atoms with E-state index in [1.54, 1.807) is 11.1 Å². The number of benzene rings is 1. The second-order valence-electron chi connectivity index (χ2n) is 6.69. The summed E-state index contributed by atoms with van der Waals surface area (Å²) in [5.74, 6) is 1.47. The first-order valence-corrected chi connectivity index (χ1v) is 8.09. The largest absolute Gasteiger partial charge is 0.491 e. The highest BCUT2D eigenvalue weighted by Gasteiger charge is 2.36. The minimum atomic E-state index is -0.423. The summed E-state index contributed by atoms with van der Waals surface area (Å²) in [5, 5.41) is 0. The maximum atomic E-state index is 12.7. The summed E-state index contributed by atoms with van der Waals surface area (Å²) in [6.07, 6.45) is 1.40. The fourth-order valence-corrected chi connectivity index (χ4v) is 2.94. The molecule has 3 rings (SSSR count). The molecule has 1 aliphatic rings. The van der Waals surface area contributed by atoms with E-state index in [1.807, 2.05) is 51.1 Å². The molecular formula is C18H23N3O3. The van der Waals surface area contributed by atoms with Crippen LogP contribution in [0.3, 0.4) is 0 Å². The SMILES string of the molecule is Cc1ncc(C(=O)N2CC(COc3ccccc3)OC(C)(C)C2)[nH]1. The van der Waals surface area contributed by atoms with E-state index in [2.05, 4.69) is 9.97 Å². The number of carbonyl (C=O) groups is 1. The summed E-state index contributed by atoms with van der Waals surface area (Å²) < 4.78 is 11.9. The van der Waals surface area contributed by atoms with Crippen molar-refractivity contribution in [3.8, 4) is 5.75 Å². The lowest BCUT2D eigenvalue weighted by atomic mass is 10.0. The normalized spacial score (nSPS) is 20.0. The van der Waals surface area contributed by atoms with Gasteiger partial charge in [0.25, 0.3) is 5.91 Å². The minimum absolute atomic E-state index is 0.0586. The molecule has 0 spiro atoms. The average molecular weight is 329 g/mol. The highest BCUT2D eigenvalue weighted by Crippen LogP contribution is 2.23. The number of para-hydroxylation sites is 1. The molecule has 6 nitrogen and oxygen atoms in total. The van der Waals surface area contributed by atoms with Crippen LogP contribution in [0.5, 0.6) is 5.75 Å². The number of imidazole rings is 1. The molecule has 1 unspecified atom stereocenters. The molecule has 128 valence electrons. The first-order chi connectivity index (χ1) is 11.4. The van der Waals surface area contributed by atoms with E-state index in [1.165, 1.54) is 0 Å². The van der Waals surface area contributed by atoms with Crippen LogP contribution in [0.15, 0.2) is 36.5 Å². The zero-order chi connectivity index (χ0) is 17.2. The van der Waals surface area contributed by atoms with Gasteiger partial charge < -0.3 is 19.4 Å². The molecule has 0 radical (unpaired) electrons. The van der Waals surface area contributed by atoms with Crippen LogP contribution in [0.4, 0.5) is 0 Å². The Morgan fingerprint density at radius 3 is 2.83 bits per heavy atom. The molecule has 0 aliphatic carbocycles. The summed E-state index contributed by atoms with van der Waals surface area (Å²) in [5.41, 5.74) is 0.0844. The number of nitrogens with one attached hydrogen (secondary N) is 1. The number of nitrogens with zero attached hydrogens (tertiary/aromatic N) is 2. The Morgan fingerprint density at radius 2 is 2.17 bits per heavy atom. The lowest BCUT2D eigenvalue weighted by Crippen LogP contribution is -2.56. The van der Waals surface area contributed by atoms with Crippen molar-refractivity contribution in [2.75, 3.05) is 19.7 Å². The van der Waals surface area contributed by atoms with Gasteiger partial charge in [-0.1, -0.05) is 18.2 Å². The van der Waals surface area contributed by atoms with Gasteiger partial charge in [0.2, 0.25) is 0 Å². The van der Waals surface area contributed by atoms with Gasteiger partial charge in [0.05, 0.1) is 18.3 Å². The topological polar surface area (TPSA) is 67.5 Å². The predicted octanol–water partition coefficient (Wildman–Crippen LogP) is 2.42. The molecule has 0 bridgehead atoms. The molecule has 1 aliphatic heterocycles. The van der Waals surface area contributed by atoms with Gasteiger partial charge in [-0.25, -0.2) is 4.98 Å². The number of aromatic amines is 1. The Kier molecular flexibility index (Phi) is 4.57. The molecule has 1 N–H and O–H groups in total. The van der Waals surface area contributed by atoms with Crippen LogP contribution in [-0.4, -0.2) is 52.2 Å². The van der Waals surface area contributed by atoms with Crippen LogP contribution in [0, 0.1) is 6.92 Å². The summed E-state index contributed by atoms with van der Waals surface area (Å²) in [4.78, 5) is 21.6. The van der Waals surface area contributed by atoms with E-state index in [0.717, 1.165) is 11.6 Å². The van der Waals surface area contributed by atoms with Crippen LogP contribution >= 0.6 is 0 Å². The Labute approximate surface area is 141 Å². The highest BCUT2D eigenvalue weighted by atomic mass is 16.5. The standard InChI is InChI=1S/C18H23N3O3/c1-13-19-9-16(20-13)17(22)21-10-15(24-18(2,3)12-21)11-23-14-7-5-4-6-8-14/h4-9,15H,10-12H2,1-3H3,(H,19,20). The molecule has 6 heteroatoms. The molecule has 1 aromatic carbocycles. The van der Waals surface area contributed by atoms with Gasteiger partial charge in [0.1, 0.15) is 30.0 Å². The second kappa shape index (κ2) is 6.65. The summed E-state index contributed by atoms with van der Waals surface area (Å²) in [7, 11) is 0. The molecule has 1 aromatic heterocycles. The molecule has 1 saturated heterocycles. The molecule has 2 aromatic rings. The summed E-state index contributed by atoms with van der Waals surface area (Å²) in [6, 6.07) is 9.61. The van der Waals surface area contributed by atoms with Crippen LogP contribution in [0.25, 0.3) is 0 Å². The van der Waals surface area contributed by atoms with Crippen molar-refractivity contribution in [1.29, 1.82) is 0 Å². The number of carbonyl (C=O) groups excluding carboxylic acids is 1. The lowest BCUT2D eigenvalue weighted by molar-refractivity contribution is -0.136.